The second kappa shape index (κ2) is 8.27. The SMILES string of the molecule is COc1ccc(C2(C(=O)N3CCC(N(CCn4ccnc4C)S(C)(=O)=O)C3)CC2)cc1. The van der Waals surface area contributed by atoms with Crippen LogP contribution in [0, 0.1) is 6.92 Å². The average molecular weight is 447 g/mol. The fourth-order valence-corrected chi connectivity index (χ4v) is 5.72. The van der Waals surface area contributed by atoms with Crippen LogP contribution in [0.1, 0.15) is 30.7 Å². The van der Waals surface area contributed by atoms with Crippen LogP contribution in [-0.4, -0.2) is 72.1 Å². The number of hydrogen-bond donors (Lipinski definition) is 0. The molecular weight excluding hydrogens is 416 g/mol. The van der Waals surface area contributed by atoms with E-state index in [4.69, 9.17) is 4.74 Å². The number of imidazole rings is 1. The van der Waals surface area contributed by atoms with Crippen LogP contribution in [0.2, 0.25) is 0 Å². The summed E-state index contributed by atoms with van der Waals surface area (Å²) in [4.78, 5) is 19.5. The Kier molecular flexibility index (Phi) is 5.83. The predicted molar refractivity (Wildman–Crippen MR) is 117 cm³/mol. The van der Waals surface area contributed by atoms with E-state index in [0.29, 0.717) is 32.6 Å². The molecule has 9 heteroatoms. The Labute approximate surface area is 183 Å². The van der Waals surface area contributed by atoms with E-state index in [1.807, 2.05) is 46.9 Å². The Balaban J connectivity index is 1.45. The Morgan fingerprint density at radius 3 is 2.55 bits per heavy atom. The molecule has 2 heterocycles. The number of carbonyl (C=O) groups is 1. The molecule has 0 radical (unpaired) electrons. The summed E-state index contributed by atoms with van der Waals surface area (Å²) in [5.74, 6) is 1.73. The van der Waals surface area contributed by atoms with Crippen LogP contribution in [0.4, 0.5) is 0 Å². The Morgan fingerprint density at radius 2 is 2.00 bits per heavy atom. The maximum Gasteiger partial charge on any atom is 0.233 e. The van der Waals surface area contributed by atoms with E-state index in [0.717, 1.165) is 30.0 Å². The third kappa shape index (κ3) is 4.34. The van der Waals surface area contributed by atoms with E-state index in [2.05, 4.69) is 4.98 Å². The van der Waals surface area contributed by atoms with Crippen molar-refractivity contribution in [2.45, 2.75) is 44.2 Å². The first-order chi connectivity index (χ1) is 14.7. The monoisotopic (exact) mass is 446 g/mol. The van der Waals surface area contributed by atoms with Gasteiger partial charge in [0, 0.05) is 44.6 Å². The predicted octanol–water partition coefficient (Wildman–Crippen LogP) is 1.79. The quantitative estimate of drug-likeness (QED) is 0.617. The lowest BCUT2D eigenvalue weighted by Gasteiger charge is -2.28. The van der Waals surface area contributed by atoms with Crippen molar-refractivity contribution in [2.75, 3.05) is 33.0 Å². The number of carbonyl (C=O) groups excluding carboxylic acids is 1. The Morgan fingerprint density at radius 1 is 1.29 bits per heavy atom. The minimum absolute atomic E-state index is 0.110. The fourth-order valence-electron chi connectivity index (χ4n) is 4.59. The van der Waals surface area contributed by atoms with Gasteiger partial charge in [-0.25, -0.2) is 13.4 Å². The van der Waals surface area contributed by atoms with E-state index in [1.54, 1.807) is 17.6 Å². The van der Waals surface area contributed by atoms with Gasteiger partial charge in [0.05, 0.1) is 18.8 Å². The maximum absolute atomic E-state index is 13.4. The minimum Gasteiger partial charge on any atom is -0.497 e. The van der Waals surface area contributed by atoms with Crippen molar-refractivity contribution in [1.82, 2.24) is 18.8 Å². The van der Waals surface area contributed by atoms with Gasteiger partial charge in [0.15, 0.2) is 0 Å². The van der Waals surface area contributed by atoms with Gasteiger partial charge < -0.3 is 14.2 Å². The molecule has 1 aromatic carbocycles. The molecule has 1 aliphatic heterocycles. The molecule has 1 aliphatic carbocycles. The van der Waals surface area contributed by atoms with Gasteiger partial charge in [-0.15, -0.1) is 0 Å². The lowest BCUT2D eigenvalue weighted by molar-refractivity contribution is -0.133. The van der Waals surface area contributed by atoms with E-state index in [1.165, 1.54) is 6.26 Å². The summed E-state index contributed by atoms with van der Waals surface area (Å²) in [5.41, 5.74) is 0.544. The standard InChI is InChI=1S/C22H30N4O4S/c1-17-23-11-13-24(17)14-15-26(31(3,28)29)19-8-12-25(16-19)21(27)22(9-10-22)18-4-6-20(30-2)7-5-18/h4-7,11,13,19H,8-10,12,14-16H2,1-3H3. The van der Waals surface area contributed by atoms with Gasteiger partial charge in [-0.2, -0.15) is 4.31 Å². The number of benzene rings is 1. The summed E-state index contributed by atoms with van der Waals surface area (Å²) in [7, 11) is -1.77. The maximum atomic E-state index is 13.4. The van der Waals surface area contributed by atoms with Crippen LogP contribution in [0.5, 0.6) is 5.75 Å². The summed E-state index contributed by atoms with van der Waals surface area (Å²) >= 11 is 0. The van der Waals surface area contributed by atoms with Gasteiger partial charge in [-0.3, -0.25) is 4.79 Å². The second-order valence-electron chi connectivity index (χ2n) is 8.55. The van der Waals surface area contributed by atoms with Crippen molar-refractivity contribution < 1.29 is 17.9 Å². The normalized spacial score (nSPS) is 20.3. The molecule has 8 nitrogen and oxygen atoms in total. The molecule has 1 saturated carbocycles. The highest BCUT2D eigenvalue weighted by molar-refractivity contribution is 7.88. The highest BCUT2D eigenvalue weighted by Gasteiger charge is 2.54. The molecule has 2 aliphatic rings. The first kappa shape index (κ1) is 21.8. The van der Waals surface area contributed by atoms with Gasteiger partial charge in [-0.05, 0) is 43.9 Å². The van der Waals surface area contributed by atoms with Gasteiger partial charge in [0.1, 0.15) is 11.6 Å². The highest BCUT2D eigenvalue weighted by atomic mass is 32.2. The van der Waals surface area contributed by atoms with Gasteiger partial charge in [0.2, 0.25) is 15.9 Å². The Hall–Kier alpha value is -2.39. The number of rotatable bonds is 8. The minimum atomic E-state index is -3.40. The molecule has 1 amide bonds. The number of likely N-dealkylation sites (tertiary alicyclic amines) is 1. The molecule has 1 atom stereocenters. The first-order valence-corrected chi connectivity index (χ1v) is 12.5. The number of methoxy groups -OCH3 is 1. The smallest absolute Gasteiger partial charge is 0.233 e. The summed E-state index contributed by atoms with van der Waals surface area (Å²) in [5, 5.41) is 0. The summed E-state index contributed by atoms with van der Waals surface area (Å²) in [6.45, 7) is 3.82. The largest absolute Gasteiger partial charge is 0.497 e. The number of nitrogens with zero attached hydrogens (tertiary/aromatic N) is 4. The van der Waals surface area contributed by atoms with Crippen LogP contribution in [0.25, 0.3) is 0 Å². The molecule has 31 heavy (non-hydrogen) atoms. The first-order valence-electron chi connectivity index (χ1n) is 10.6. The second-order valence-corrected chi connectivity index (χ2v) is 10.5. The molecule has 4 rings (SSSR count). The van der Waals surface area contributed by atoms with Gasteiger partial charge in [-0.1, -0.05) is 12.1 Å². The van der Waals surface area contributed by atoms with Crippen molar-refractivity contribution in [3.63, 3.8) is 0 Å². The van der Waals surface area contributed by atoms with E-state index in [-0.39, 0.29) is 11.9 Å². The van der Waals surface area contributed by atoms with E-state index in [9.17, 15) is 13.2 Å². The van der Waals surface area contributed by atoms with E-state index >= 15 is 0 Å². The van der Waals surface area contributed by atoms with Crippen LogP contribution in [0.3, 0.4) is 0 Å². The van der Waals surface area contributed by atoms with Crippen LogP contribution in [0.15, 0.2) is 36.7 Å². The third-order valence-corrected chi connectivity index (χ3v) is 7.90. The topological polar surface area (TPSA) is 84.7 Å². The summed E-state index contributed by atoms with van der Waals surface area (Å²) in [6, 6.07) is 7.51. The number of sulfonamides is 1. The zero-order valence-corrected chi connectivity index (χ0v) is 19.1. The highest BCUT2D eigenvalue weighted by Crippen LogP contribution is 2.50. The number of aromatic nitrogens is 2. The third-order valence-electron chi connectivity index (χ3n) is 6.57. The van der Waals surface area contributed by atoms with Gasteiger partial charge >= 0.3 is 0 Å². The molecular formula is C22H30N4O4S. The molecule has 0 N–H and O–H groups in total. The number of ether oxygens (including phenoxy) is 1. The molecule has 1 unspecified atom stereocenters. The van der Waals surface area contributed by atoms with Crippen molar-refractivity contribution in [3.05, 3.63) is 48.0 Å². The van der Waals surface area contributed by atoms with Crippen LogP contribution < -0.4 is 4.74 Å². The van der Waals surface area contributed by atoms with E-state index < -0.39 is 15.4 Å². The lowest BCUT2D eigenvalue weighted by atomic mass is 9.94. The summed E-state index contributed by atoms with van der Waals surface area (Å²) < 4.78 is 33.8. The average Bonchev–Trinajstić information content (AvgIpc) is 3.24. The number of hydrogen-bond acceptors (Lipinski definition) is 5. The van der Waals surface area contributed by atoms with Crippen LogP contribution in [-0.2, 0) is 26.8 Å². The lowest BCUT2D eigenvalue weighted by Crippen LogP contribution is -2.45. The number of amides is 1. The van der Waals surface area contributed by atoms with Crippen molar-refractivity contribution in [3.8, 4) is 5.75 Å². The molecule has 2 fully saturated rings. The molecule has 0 bridgehead atoms. The van der Waals surface area contributed by atoms with Gasteiger partial charge in [0.25, 0.3) is 0 Å². The van der Waals surface area contributed by atoms with Crippen molar-refractivity contribution in [2.24, 2.45) is 0 Å². The van der Waals surface area contributed by atoms with Crippen molar-refractivity contribution in [1.29, 1.82) is 0 Å². The number of aryl methyl sites for hydroxylation is 1. The van der Waals surface area contributed by atoms with Crippen LogP contribution >= 0.6 is 0 Å². The summed E-state index contributed by atoms with van der Waals surface area (Å²) in [6.07, 6.45) is 7.12. The molecule has 2 aromatic rings. The zero-order valence-electron chi connectivity index (χ0n) is 18.3. The molecule has 1 aromatic heterocycles. The molecule has 0 spiro atoms. The molecule has 168 valence electrons. The fraction of sp³-hybridized carbons (Fsp3) is 0.545. The Bertz CT molecular complexity index is 1040. The zero-order chi connectivity index (χ0) is 22.2. The molecule has 1 saturated heterocycles. The van der Waals surface area contributed by atoms with Crippen molar-refractivity contribution >= 4 is 15.9 Å².